The second kappa shape index (κ2) is 3.33. The predicted molar refractivity (Wildman–Crippen MR) is 63.9 cm³/mol. The van der Waals surface area contributed by atoms with Crippen LogP contribution in [0, 0.1) is 11.8 Å². The number of rotatable bonds is 2. The van der Waals surface area contributed by atoms with Gasteiger partial charge in [0.05, 0.1) is 17.6 Å². The average Bonchev–Trinajstić information content (AvgIpc) is 2.91. The zero-order valence-electron chi connectivity index (χ0n) is 10.2. The highest BCUT2D eigenvalue weighted by atomic mass is 15.1. The van der Waals surface area contributed by atoms with Crippen LogP contribution in [0.2, 0.25) is 0 Å². The molecule has 0 aromatic carbocycles. The van der Waals surface area contributed by atoms with E-state index in [1.54, 1.807) is 0 Å². The summed E-state index contributed by atoms with van der Waals surface area (Å²) < 4.78 is 2.35. The summed E-state index contributed by atoms with van der Waals surface area (Å²) in [6, 6.07) is 0.666. The van der Waals surface area contributed by atoms with E-state index >= 15 is 0 Å². The summed E-state index contributed by atoms with van der Waals surface area (Å²) in [6.07, 6.45) is 9.52. The summed E-state index contributed by atoms with van der Waals surface area (Å²) in [7, 11) is 0. The minimum Gasteiger partial charge on any atom is -0.330 e. The zero-order chi connectivity index (χ0) is 11.3. The molecule has 3 nitrogen and oxygen atoms in total. The Balaban J connectivity index is 1.93. The van der Waals surface area contributed by atoms with Crippen molar-refractivity contribution in [1.29, 1.82) is 0 Å². The van der Waals surface area contributed by atoms with Gasteiger partial charge in [-0.15, -0.1) is 0 Å². The van der Waals surface area contributed by atoms with Crippen LogP contribution < -0.4 is 5.73 Å². The van der Waals surface area contributed by atoms with Crippen molar-refractivity contribution < 1.29 is 0 Å². The first-order chi connectivity index (χ1) is 7.55. The third-order valence-corrected chi connectivity index (χ3v) is 4.38. The maximum atomic E-state index is 6.21. The molecule has 3 heteroatoms. The molecule has 1 aromatic heterocycles. The second-order valence-electron chi connectivity index (χ2n) is 6.15. The molecule has 3 rings (SSSR count). The van der Waals surface area contributed by atoms with Crippen LogP contribution >= 0.6 is 0 Å². The Bertz CT molecular complexity index is 388. The van der Waals surface area contributed by atoms with E-state index in [4.69, 9.17) is 5.73 Å². The fourth-order valence-electron chi connectivity index (χ4n) is 3.62. The third kappa shape index (κ3) is 1.49. The van der Waals surface area contributed by atoms with Crippen molar-refractivity contribution in [1.82, 2.24) is 9.55 Å². The molecule has 0 saturated heterocycles. The van der Waals surface area contributed by atoms with Crippen molar-refractivity contribution in [2.45, 2.75) is 51.1 Å². The van der Waals surface area contributed by atoms with Gasteiger partial charge in [-0.2, -0.15) is 0 Å². The largest absolute Gasteiger partial charge is 0.330 e. The summed E-state index contributed by atoms with van der Waals surface area (Å²) in [4.78, 5) is 4.30. The Morgan fingerprint density at radius 3 is 2.75 bits per heavy atom. The minimum absolute atomic E-state index is 0.279. The van der Waals surface area contributed by atoms with Crippen LogP contribution in [0.25, 0.3) is 0 Å². The van der Waals surface area contributed by atoms with Gasteiger partial charge in [0.15, 0.2) is 0 Å². The Labute approximate surface area is 97.0 Å². The molecule has 2 bridgehead atoms. The lowest BCUT2D eigenvalue weighted by atomic mass is 9.93. The number of imidazole rings is 1. The van der Waals surface area contributed by atoms with Crippen molar-refractivity contribution >= 4 is 0 Å². The second-order valence-corrected chi connectivity index (χ2v) is 6.15. The summed E-state index contributed by atoms with van der Waals surface area (Å²) in [5.74, 6) is 1.84. The van der Waals surface area contributed by atoms with Crippen molar-refractivity contribution in [2.75, 3.05) is 0 Å². The lowest BCUT2D eigenvalue weighted by Crippen LogP contribution is -2.33. The Hall–Kier alpha value is -0.830. The van der Waals surface area contributed by atoms with Crippen LogP contribution in [-0.4, -0.2) is 9.55 Å². The van der Waals surface area contributed by atoms with Crippen LogP contribution in [0.5, 0.6) is 0 Å². The Morgan fingerprint density at radius 2 is 2.19 bits per heavy atom. The van der Waals surface area contributed by atoms with Crippen LogP contribution in [0.15, 0.2) is 12.5 Å². The zero-order valence-corrected chi connectivity index (χ0v) is 10.2. The smallest absolute Gasteiger partial charge is 0.0951 e. The number of aromatic nitrogens is 2. The fourth-order valence-corrected chi connectivity index (χ4v) is 3.62. The first-order valence-corrected chi connectivity index (χ1v) is 6.37. The van der Waals surface area contributed by atoms with Crippen LogP contribution in [0.1, 0.15) is 51.3 Å². The number of nitrogens with two attached hydrogens (primary N) is 1. The van der Waals surface area contributed by atoms with Gasteiger partial charge >= 0.3 is 0 Å². The number of fused-ring (bicyclic) bond motifs is 2. The van der Waals surface area contributed by atoms with E-state index in [0.717, 1.165) is 11.8 Å². The monoisotopic (exact) mass is 219 g/mol. The van der Waals surface area contributed by atoms with Crippen LogP contribution in [0.4, 0.5) is 0 Å². The molecule has 2 aliphatic rings. The lowest BCUT2D eigenvalue weighted by Gasteiger charge is -2.29. The Kier molecular flexibility index (Phi) is 2.15. The summed E-state index contributed by atoms with van der Waals surface area (Å²) in [6.45, 7) is 4.13. The van der Waals surface area contributed by atoms with E-state index in [-0.39, 0.29) is 5.54 Å². The number of hydrogen-bond donors (Lipinski definition) is 1. The summed E-state index contributed by atoms with van der Waals surface area (Å²) in [5, 5.41) is 0. The quantitative estimate of drug-likeness (QED) is 0.830. The highest BCUT2D eigenvalue weighted by Crippen LogP contribution is 2.51. The van der Waals surface area contributed by atoms with Gasteiger partial charge in [0.2, 0.25) is 0 Å². The molecular weight excluding hydrogens is 198 g/mol. The predicted octanol–water partition coefficient (Wildman–Crippen LogP) is 2.44. The van der Waals surface area contributed by atoms with Gasteiger partial charge in [-0.3, -0.25) is 0 Å². The van der Waals surface area contributed by atoms with E-state index in [0.29, 0.717) is 6.04 Å². The van der Waals surface area contributed by atoms with Gasteiger partial charge in [-0.25, -0.2) is 4.98 Å². The van der Waals surface area contributed by atoms with E-state index in [9.17, 15) is 0 Å². The number of hydrogen-bond acceptors (Lipinski definition) is 2. The lowest BCUT2D eigenvalue weighted by molar-refractivity contribution is 0.310. The summed E-state index contributed by atoms with van der Waals surface area (Å²) >= 11 is 0. The number of nitrogens with zero attached hydrogens (tertiary/aromatic N) is 2. The van der Waals surface area contributed by atoms with Gasteiger partial charge in [0.1, 0.15) is 0 Å². The van der Waals surface area contributed by atoms with E-state index < -0.39 is 0 Å². The van der Waals surface area contributed by atoms with Gasteiger partial charge in [-0.05, 0) is 44.9 Å². The van der Waals surface area contributed by atoms with Crippen LogP contribution in [-0.2, 0) is 5.54 Å². The van der Waals surface area contributed by atoms with Crippen molar-refractivity contribution in [3.8, 4) is 0 Å². The molecule has 16 heavy (non-hydrogen) atoms. The molecule has 1 heterocycles. The summed E-state index contributed by atoms with van der Waals surface area (Å²) in [5.41, 5.74) is 7.11. The topological polar surface area (TPSA) is 43.8 Å². The molecule has 0 amide bonds. The molecule has 3 atom stereocenters. The van der Waals surface area contributed by atoms with Gasteiger partial charge in [-0.1, -0.05) is 6.42 Å². The molecule has 1 aromatic rings. The maximum Gasteiger partial charge on any atom is 0.0951 e. The van der Waals surface area contributed by atoms with Crippen molar-refractivity contribution in [3.63, 3.8) is 0 Å². The minimum atomic E-state index is -0.279. The molecule has 2 N–H and O–H groups in total. The average molecular weight is 219 g/mol. The molecule has 88 valence electrons. The SMILES string of the molecule is CC(C)(N)c1cncn1C1CC2CCC1C2. The highest BCUT2D eigenvalue weighted by molar-refractivity contribution is 5.13. The first-order valence-electron chi connectivity index (χ1n) is 6.37. The van der Waals surface area contributed by atoms with Crippen molar-refractivity contribution in [2.24, 2.45) is 17.6 Å². The molecule has 3 unspecified atom stereocenters. The fraction of sp³-hybridized carbons (Fsp3) is 0.769. The molecule has 0 aliphatic heterocycles. The molecule has 0 spiro atoms. The van der Waals surface area contributed by atoms with Gasteiger partial charge < -0.3 is 10.3 Å². The van der Waals surface area contributed by atoms with Crippen molar-refractivity contribution in [3.05, 3.63) is 18.2 Å². The maximum absolute atomic E-state index is 6.21. The van der Waals surface area contributed by atoms with E-state index in [1.807, 2.05) is 12.5 Å². The third-order valence-electron chi connectivity index (χ3n) is 4.38. The first kappa shape index (κ1) is 10.3. The molecular formula is C13H21N3. The standard InChI is InChI=1S/C13H21N3/c1-13(2,14)12-7-15-8-16(12)11-6-9-3-4-10(11)5-9/h7-11H,3-6,14H2,1-2H3. The molecule has 2 fully saturated rings. The highest BCUT2D eigenvalue weighted by Gasteiger charge is 2.41. The van der Waals surface area contributed by atoms with Crippen LogP contribution in [0.3, 0.4) is 0 Å². The Morgan fingerprint density at radius 1 is 1.38 bits per heavy atom. The molecule has 2 saturated carbocycles. The van der Waals surface area contributed by atoms with E-state index in [1.165, 1.54) is 31.4 Å². The van der Waals surface area contributed by atoms with Gasteiger partial charge in [0, 0.05) is 12.2 Å². The normalized spacial score (nSPS) is 33.6. The molecule has 0 radical (unpaired) electrons. The molecule has 2 aliphatic carbocycles. The van der Waals surface area contributed by atoms with E-state index in [2.05, 4.69) is 23.4 Å². The van der Waals surface area contributed by atoms with Gasteiger partial charge in [0.25, 0.3) is 0 Å².